The molecule has 24 heavy (non-hydrogen) atoms. The van der Waals surface area contributed by atoms with E-state index in [1.54, 1.807) is 7.05 Å². The van der Waals surface area contributed by atoms with Crippen LogP contribution in [0.1, 0.15) is 11.1 Å². The van der Waals surface area contributed by atoms with Crippen molar-refractivity contribution in [3.8, 4) is 0 Å². The number of rotatable bonds is 4. The summed E-state index contributed by atoms with van der Waals surface area (Å²) in [6.45, 7) is 1.64. The van der Waals surface area contributed by atoms with Crippen LogP contribution in [-0.4, -0.2) is 32.0 Å². The minimum atomic E-state index is 0.0580. The van der Waals surface area contributed by atoms with Crippen LogP contribution in [0.4, 0.5) is 5.69 Å². The lowest BCUT2D eigenvalue weighted by atomic mass is 10.2. The molecule has 0 bridgehead atoms. The number of anilines is 1. The highest BCUT2D eigenvalue weighted by atomic mass is 16.2. The minimum Gasteiger partial charge on any atom is -0.352 e. The fourth-order valence-electron chi connectivity index (χ4n) is 2.85. The summed E-state index contributed by atoms with van der Waals surface area (Å²) >= 11 is 0. The number of hydrogen-bond acceptors (Lipinski definition) is 2. The van der Waals surface area contributed by atoms with Crippen molar-refractivity contribution < 1.29 is 4.79 Å². The standard InChI is InChI=1S/C19H22N4O/c1-20-19(21-13-15-7-3-2-4-8-15)22-14-18(24)23-12-11-16-9-5-6-10-17(16)23/h2-10H,11-14H2,1H3,(H2,20,21,22). The van der Waals surface area contributed by atoms with Gasteiger partial charge in [0.25, 0.3) is 0 Å². The largest absolute Gasteiger partial charge is 0.352 e. The third-order valence-electron chi connectivity index (χ3n) is 4.12. The van der Waals surface area contributed by atoms with Gasteiger partial charge in [0, 0.05) is 25.8 Å². The molecule has 5 nitrogen and oxygen atoms in total. The van der Waals surface area contributed by atoms with Crippen molar-refractivity contribution in [1.82, 2.24) is 10.6 Å². The van der Waals surface area contributed by atoms with E-state index in [0.717, 1.165) is 18.7 Å². The van der Waals surface area contributed by atoms with Crippen molar-refractivity contribution in [1.29, 1.82) is 0 Å². The quantitative estimate of drug-likeness (QED) is 0.668. The average molecular weight is 322 g/mol. The number of benzene rings is 2. The van der Waals surface area contributed by atoms with Gasteiger partial charge < -0.3 is 15.5 Å². The Balaban J connectivity index is 1.52. The normalized spacial score (nSPS) is 13.5. The van der Waals surface area contributed by atoms with Gasteiger partial charge in [-0.25, -0.2) is 0 Å². The molecule has 2 aromatic rings. The Morgan fingerprint density at radius 2 is 1.83 bits per heavy atom. The SMILES string of the molecule is CN=C(NCC(=O)N1CCc2ccccc21)NCc1ccccc1. The number of carbonyl (C=O) groups is 1. The molecule has 0 aliphatic carbocycles. The highest BCUT2D eigenvalue weighted by Gasteiger charge is 2.23. The number of guanidine groups is 1. The van der Waals surface area contributed by atoms with Crippen molar-refractivity contribution in [2.75, 3.05) is 25.0 Å². The maximum atomic E-state index is 12.5. The average Bonchev–Trinajstić information content (AvgIpc) is 3.07. The number of amides is 1. The van der Waals surface area contributed by atoms with Gasteiger partial charge in [0.15, 0.2) is 5.96 Å². The zero-order chi connectivity index (χ0) is 16.8. The monoisotopic (exact) mass is 322 g/mol. The van der Waals surface area contributed by atoms with Crippen molar-refractivity contribution in [2.24, 2.45) is 4.99 Å². The molecule has 0 radical (unpaired) electrons. The minimum absolute atomic E-state index is 0.0580. The van der Waals surface area contributed by atoms with Gasteiger partial charge in [-0.2, -0.15) is 0 Å². The van der Waals surface area contributed by atoms with Crippen LogP contribution in [0, 0.1) is 0 Å². The van der Waals surface area contributed by atoms with Crippen LogP contribution in [0.15, 0.2) is 59.6 Å². The number of nitrogens with one attached hydrogen (secondary N) is 2. The van der Waals surface area contributed by atoms with Crippen molar-refractivity contribution in [3.05, 3.63) is 65.7 Å². The first kappa shape index (κ1) is 16.1. The van der Waals surface area contributed by atoms with Crippen LogP contribution >= 0.6 is 0 Å². The second-order valence-corrected chi connectivity index (χ2v) is 5.69. The molecule has 0 saturated carbocycles. The van der Waals surface area contributed by atoms with E-state index in [-0.39, 0.29) is 12.5 Å². The Bertz CT molecular complexity index is 727. The molecule has 1 heterocycles. The zero-order valence-corrected chi connectivity index (χ0v) is 13.8. The Labute approximate surface area is 142 Å². The molecule has 5 heteroatoms. The lowest BCUT2D eigenvalue weighted by molar-refractivity contribution is -0.117. The predicted octanol–water partition coefficient (Wildman–Crippen LogP) is 1.94. The van der Waals surface area contributed by atoms with E-state index in [1.807, 2.05) is 53.4 Å². The van der Waals surface area contributed by atoms with E-state index >= 15 is 0 Å². The molecule has 1 amide bonds. The summed E-state index contributed by atoms with van der Waals surface area (Å²) in [5.74, 6) is 0.683. The van der Waals surface area contributed by atoms with Crippen molar-refractivity contribution in [2.45, 2.75) is 13.0 Å². The summed E-state index contributed by atoms with van der Waals surface area (Å²) in [6, 6.07) is 18.2. The summed E-state index contributed by atoms with van der Waals surface area (Å²) in [7, 11) is 1.70. The second kappa shape index (κ2) is 7.64. The Morgan fingerprint density at radius 1 is 1.08 bits per heavy atom. The summed E-state index contributed by atoms with van der Waals surface area (Å²) in [4.78, 5) is 18.5. The van der Waals surface area contributed by atoms with Gasteiger partial charge >= 0.3 is 0 Å². The molecular formula is C19H22N4O. The molecule has 2 N–H and O–H groups in total. The summed E-state index contributed by atoms with van der Waals surface area (Å²) in [5.41, 5.74) is 3.43. The predicted molar refractivity (Wildman–Crippen MR) is 97.1 cm³/mol. The number of para-hydroxylation sites is 1. The van der Waals surface area contributed by atoms with Crippen LogP contribution in [0.2, 0.25) is 0 Å². The maximum Gasteiger partial charge on any atom is 0.246 e. The Kier molecular flexibility index (Phi) is 5.11. The van der Waals surface area contributed by atoms with Crippen LogP contribution in [0.5, 0.6) is 0 Å². The van der Waals surface area contributed by atoms with Crippen LogP contribution < -0.4 is 15.5 Å². The summed E-state index contributed by atoms with van der Waals surface area (Å²) in [6.07, 6.45) is 0.920. The first-order chi connectivity index (χ1) is 11.8. The van der Waals surface area contributed by atoms with E-state index in [2.05, 4.69) is 21.7 Å². The van der Waals surface area contributed by atoms with Crippen LogP contribution in [0.3, 0.4) is 0 Å². The van der Waals surface area contributed by atoms with E-state index in [0.29, 0.717) is 12.5 Å². The number of nitrogens with zero attached hydrogens (tertiary/aromatic N) is 2. The summed E-state index contributed by atoms with van der Waals surface area (Å²) in [5, 5.41) is 6.31. The third kappa shape index (κ3) is 3.74. The molecule has 1 aliphatic heterocycles. The lowest BCUT2D eigenvalue weighted by Gasteiger charge is -2.18. The first-order valence-electron chi connectivity index (χ1n) is 8.14. The van der Waals surface area contributed by atoms with E-state index in [1.165, 1.54) is 11.1 Å². The van der Waals surface area contributed by atoms with Crippen molar-refractivity contribution >= 4 is 17.6 Å². The molecule has 2 aromatic carbocycles. The fourth-order valence-corrected chi connectivity index (χ4v) is 2.85. The molecule has 0 atom stereocenters. The maximum absolute atomic E-state index is 12.5. The van der Waals surface area contributed by atoms with E-state index in [4.69, 9.17) is 0 Å². The van der Waals surface area contributed by atoms with E-state index in [9.17, 15) is 4.79 Å². The van der Waals surface area contributed by atoms with E-state index < -0.39 is 0 Å². The second-order valence-electron chi connectivity index (χ2n) is 5.69. The number of aliphatic imine (C=N–C) groups is 1. The molecule has 3 rings (SSSR count). The Morgan fingerprint density at radius 3 is 2.62 bits per heavy atom. The number of carbonyl (C=O) groups excluding carboxylic acids is 1. The third-order valence-corrected chi connectivity index (χ3v) is 4.12. The van der Waals surface area contributed by atoms with Crippen molar-refractivity contribution in [3.63, 3.8) is 0 Å². The summed E-state index contributed by atoms with van der Waals surface area (Å²) < 4.78 is 0. The molecule has 0 aromatic heterocycles. The lowest BCUT2D eigenvalue weighted by Crippen LogP contribution is -2.44. The molecule has 0 unspecified atom stereocenters. The number of hydrogen-bond donors (Lipinski definition) is 2. The highest BCUT2D eigenvalue weighted by molar-refractivity contribution is 5.98. The van der Waals surface area contributed by atoms with Gasteiger partial charge in [-0.3, -0.25) is 9.79 Å². The molecule has 0 saturated heterocycles. The van der Waals surface area contributed by atoms with Gasteiger partial charge in [0.1, 0.15) is 0 Å². The highest BCUT2D eigenvalue weighted by Crippen LogP contribution is 2.27. The zero-order valence-electron chi connectivity index (χ0n) is 13.8. The molecule has 124 valence electrons. The topological polar surface area (TPSA) is 56.7 Å². The first-order valence-corrected chi connectivity index (χ1v) is 8.14. The number of fused-ring (bicyclic) bond motifs is 1. The van der Waals surface area contributed by atoms with Gasteiger partial charge in [0.05, 0.1) is 6.54 Å². The smallest absolute Gasteiger partial charge is 0.246 e. The van der Waals surface area contributed by atoms with Gasteiger partial charge in [0.2, 0.25) is 5.91 Å². The fraction of sp³-hybridized carbons (Fsp3) is 0.263. The van der Waals surface area contributed by atoms with Gasteiger partial charge in [-0.05, 0) is 23.6 Å². The molecule has 0 spiro atoms. The molecule has 1 aliphatic rings. The van der Waals surface area contributed by atoms with Crippen LogP contribution in [0.25, 0.3) is 0 Å². The molecular weight excluding hydrogens is 300 g/mol. The van der Waals surface area contributed by atoms with Gasteiger partial charge in [-0.1, -0.05) is 48.5 Å². The van der Waals surface area contributed by atoms with Gasteiger partial charge in [-0.15, -0.1) is 0 Å². The molecule has 0 fully saturated rings. The van der Waals surface area contributed by atoms with Crippen LogP contribution in [-0.2, 0) is 17.8 Å². The Hall–Kier alpha value is -2.82.